The maximum absolute atomic E-state index is 9.32. The summed E-state index contributed by atoms with van der Waals surface area (Å²) in [6.45, 7) is 2.70. The average Bonchev–Trinajstić information content (AvgIpc) is 3.34. The Morgan fingerprint density at radius 1 is 1.24 bits per heavy atom. The van der Waals surface area contributed by atoms with Gasteiger partial charge in [0.2, 0.25) is 0 Å². The standard InChI is InChI=1S/C22H22ClN3O2S/c1-14-6-7-15(13-16(14)23)18-8-9-19(28-18)21-20(17-5-2-3-10-24-17)25-22(29)26(21)11-4-12-27/h2-3,5-10,13,20-21,27H,4,11-12H2,1H3,(H,25,29)/t20-,21+/m1/s1. The molecule has 150 valence electrons. The summed E-state index contributed by atoms with van der Waals surface area (Å²) in [5.74, 6) is 1.54. The molecule has 3 heterocycles. The van der Waals surface area contributed by atoms with E-state index in [9.17, 15) is 5.11 Å². The van der Waals surface area contributed by atoms with Crippen LogP contribution < -0.4 is 5.32 Å². The van der Waals surface area contributed by atoms with E-state index in [0.717, 1.165) is 28.3 Å². The van der Waals surface area contributed by atoms with Gasteiger partial charge in [0, 0.05) is 29.9 Å². The van der Waals surface area contributed by atoms with Gasteiger partial charge in [-0.3, -0.25) is 4.98 Å². The fraction of sp³-hybridized carbons (Fsp3) is 0.273. The van der Waals surface area contributed by atoms with Gasteiger partial charge in [-0.05, 0) is 61.5 Å². The molecule has 4 rings (SSSR count). The van der Waals surface area contributed by atoms with Crippen LogP contribution >= 0.6 is 23.8 Å². The first-order chi connectivity index (χ1) is 14.1. The molecule has 0 unspecified atom stereocenters. The van der Waals surface area contributed by atoms with Gasteiger partial charge >= 0.3 is 0 Å². The molecule has 0 radical (unpaired) electrons. The molecule has 7 heteroatoms. The topological polar surface area (TPSA) is 61.5 Å². The van der Waals surface area contributed by atoms with Crippen LogP contribution in [0.15, 0.2) is 59.1 Å². The number of aryl methyl sites for hydroxylation is 1. The van der Waals surface area contributed by atoms with Crippen LogP contribution in [0, 0.1) is 6.92 Å². The monoisotopic (exact) mass is 427 g/mol. The predicted octanol–water partition coefficient (Wildman–Crippen LogP) is 4.66. The molecule has 1 saturated heterocycles. The molecule has 5 nitrogen and oxygen atoms in total. The zero-order valence-electron chi connectivity index (χ0n) is 16.0. The first kappa shape index (κ1) is 19.9. The molecule has 0 amide bonds. The third-order valence-corrected chi connectivity index (χ3v) is 5.89. The van der Waals surface area contributed by atoms with Crippen LogP contribution in [-0.2, 0) is 0 Å². The highest BCUT2D eigenvalue weighted by atomic mass is 35.5. The highest BCUT2D eigenvalue weighted by Crippen LogP contribution is 2.40. The van der Waals surface area contributed by atoms with Crippen LogP contribution in [0.4, 0.5) is 0 Å². The van der Waals surface area contributed by atoms with Gasteiger partial charge in [0.1, 0.15) is 17.6 Å². The molecule has 0 aliphatic carbocycles. The number of aliphatic hydroxyl groups excluding tert-OH is 1. The quantitative estimate of drug-likeness (QED) is 0.558. The van der Waals surface area contributed by atoms with Crippen molar-refractivity contribution in [2.75, 3.05) is 13.2 Å². The van der Waals surface area contributed by atoms with Crippen LogP contribution in [0.2, 0.25) is 5.02 Å². The molecule has 2 atom stereocenters. The number of furan rings is 1. The highest BCUT2D eigenvalue weighted by Gasteiger charge is 2.41. The van der Waals surface area contributed by atoms with Gasteiger partial charge in [0.25, 0.3) is 0 Å². The molecule has 0 saturated carbocycles. The first-order valence-corrected chi connectivity index (χ1v) is 10.3. The Bertz CT molecular complexity index is 1010. The molecule has 1 aliphatic rings. The van der Waals surface area contributed by atoms with E-state index in [2.05, 4.69) is 15.2 Å². The summed E-state index contributed by atoms with van der Waals surface area (Å²) in [7, 11) is 0. The number of nitrogens with one attached hydrogen (secondary N) is 1. The highest BCUT2D eigenvalue weighted by molar-refractivity contribution is 7.80. The Hall–Kier alpha value is -2.41. The number of benzene rings is 1. The summed E-state index contributed by atoms with van der Waals surface area (Å²) in [6.07, 6.45) is 2.39. The maximum atomic E-state index is 9.32. The van der Waals surface area contributed by atoms with Crippen LogP contribution in [0.5, 0.6) is 0 Å². The number of aromatic nitrogens is 1. The van der Waals surface area contributed by atoms with E-state index in [-0.39, 0.29) is 18.7 Å². The minimum absolute atomic E-state index is 0.103. The van der Waals surface area contributed by atoms with Gasteiger partial charge in [-0.15, -0.1) is 0 Å². The molecule has 1 aromatic carbocycles. The maximum Gasteiger partial charge on any atom is 0.170 e. The van der Waals surface area contributed by atoms with E-state index in [1.54, 1.807) is 6.20 Å². The molecule has 2 N–H and O–H groups in total. The number of hydrogen-bond donors (Lipinski definition) is 2. The summed E-state index contributed by atoms with van der Waals surface area (Å²) < 4.78 is 6.27. The number of nitrogens with zero attached hydrogens (tertiary/aromatic N) is 2. The molecule has 3 aromatic rings. The fourth-order valence-electron chi connectivity index (χ4n) is 3.61. The summed E-state index contributed by atoms with van der Waals surface area (Å²) in [4.78, 5) is 6.58. The van der Waals surface area contributed by atoms with Crippen molar-refractivity contribution in [2.24, 2.45) is 0 Å². The van der Waals surface area contributed by atoms with Gasteiger partial charge in [0.05, 0.1) is 11.7 Å². The van der Waals surface area contributed by atoms with Crippen LogP contribution in [0.25, 0.3) is 11.3 Å². The predicted molar refractivity (Wildman–Crippen MR) is 118 cm³/mol. The smallest absolute Gasteiger partial charge is 0.170 e. The van der Waals surface area contributed by atoms with Crippen molar-refractivity contribution < 1.29 is 9.52 Å². The summed E-state index contributed by atoms with van der Waals surface area (Å²) >= 11 is 11.9. The lowest BCUT2D eigenvalue weighted by atomic mass is 10.0. The Kier molecular flexibility index (Phi) is 5.85. The Morgan fingerprint density at radius 2 is 2.10 bits per heavy atom. The van der Waals surface area contributed by atoms with Gasteiger partial charge < -0.3 is 19.7 Å². The van der Waals surface area contributed by atoms with E-state index in [1.807, 2.05) is 55.5 Å². The van der Waals surface area contributed by atoms with Crippen LogP contribution in [0.1, 0.15) is 35.5 Å². The molecule has 0 bridgehead atoms. The number of halogens is 1. The Morgan fingerprint density at radius 3 is 2.83 bits per heavy atom. The van der Waals surface area contributed by atoms with Crippen molar-refractivity contribution >= 4 is 28.9 Å². The van der Waals surface area contributed by atoms with E-state index in [0.29, 0.717) is 23.1 Å². The van der Waals surface area contributed by atoms with Crippen molar-refractivity contribution in [3.8, 4) is 11.3 Å². The summed E-state index contributed by atoms with van der Waals surface area (Å²) in [5.41, 5.74) is 2.84. The Balaban J connectivity index is 1.71. The lowest BCUT2D eigenvalue weighted by Crippen LogP contribution is -2.30. The zero-order valence-corrected chi connectivity index (χ0v) is 17.6. The second-order valence-electron chi connectivity index (χ2n) is 7.06. The largest absolute Gasteiger partial charge is 0.459 e. The van der Waals surface area contributed by atoms with E-state index < -0.39 is 0 Å². The van der Waals surface area contributed by atoms with Crippen molar-refractivity contribution in [3.05, 3.63) is 76.8 Å². The Labute approximate surface area is 180 Å². The van der Waals surface area contributed by atoms with Gasteiger partial charge in [-0.25, -0.2) is 0 Å². The molecule has 2 aromatic heterocycles. The van der Waals surface area contributed by atoms with Crippen molar-refractivity contribution in [3.63, 3.8) is 0 Å². The first-order valence-electron chi connectivity index (χ1n) is 9.53. The van der Waals surface area contributed by atoms with Crippen molar-refractivity contribution in [2.45, 2.75) is 25.4 Å². The average molecular weight is 428 g/mol. The molecular weight excluding hydrogens is 406 g/mol. The fourth-order valence-corrected chi connectivity index (χ4v) is 4.12. The molecule has 1 aliphatic heterocycles. The van der Waals surface area contributed by atoms with E-state index in [4.69, 9.17) is 28.2 Å². The van der Waals surface area contributed by atoms with Crippen molar-refractivity contribution in [1.29, 1.82) is 0 Å². The molecular formula is C22H22ClN3O2S. The number of aliphatic hydroxyl groups is 1. The van der Waals surface area contributed by atoms with Crippen LogP contribution in [0.3, 0.4) is 0 Å². The number of pyridine rings is 1. The molecule has 29 heavy (non-hydrogen) atoms. The second-order valence-corrected chi connectivity index (χ2v) is 7.86. The summed E-state index contributed by atoms with van der Waals surface area (Å²) in [6, 6.07) is 15.4. The third kappa shape index (κ3) is 4.01. The SMILES string of the molecule is Cc1ccc(-c2ccc([C@H]3[C@@H](c4ccccn4)NC(=S)N3CCCO)o2)cc1Cl. The number of rotatable bonds is 6. The third-order valence-electron chi connectivity index (χ3n) is 5.13. The van der Waals surface area contributed by atoms with Crippen molar-refractivity contribution in [1.82, 2.24) is 15.2 Å². The van der Waals surface area contributed by atoms with E-state index in [1.165, 1.54) is 0 Å². The number of hydrogen-bond acceptors (Lipinski definition) is 4. The van der Waals surface area contributed by atoms with Gasteiger partial charge in [-0.1, -0.05) is 29.8 Å². The summed E-state index contributed by atoms with van der Waals surface area (Å²) in [5, 5.41) is 14.0. The second kappa shape index (κ2) is 8.53. The minimum Gasteiger partial charge on any atom is -0.459 e. The van der Waals surface area contributed by atoms with Gasteiger partial charge in [-0.2, -0.15) is 0 Å². The lowest BCUT2D eigenvalue weighted by Gasteiger charge is -2.25. The number of thiocarbonyl (C=S) groups is 1. The lowest BCUT2D eigenvalue weighted by molar-refractivity contribution is 0.233. The minimum atomic E-state index is -0.154. The normalized spacial score (nSPS) is 18.9. The van der Waals surface area contributed by atoms with Crippen LogP contribution in [-0.4, -0.2) is 33.3 Å². The van der Waals surface area contributed by atoms with Gasteiger partial charge in [0.15, 0.2) is 5.11 Å². The van der Waals surface area contributed by atoms with E-state index >= 15 is 0 Å². The zero-order chi connectivity index (χ0) is 20.4. The molecule has 1 fully saturated rings. The molecule has 0 spiro atoms.